The highest BCUT2D eigenvalue weighted by Gasteiger charge is 2.23. The maximum atomic E-state index is 12.4. The molecule has 1 aliphatic rings. The number of nitrogens with one attached hydrogen (secondary N) is 1. The molecule has 0 unspecified atom stereocenters. The number of non-ortho nitro benzene ring substituents is 1. The minimum atomic E-state index is -0.487. The summed E-state index contributed by atoms with van der Waals surface area (Å²) in [6.45, 7) is 2.04. The van der Waals surface area contributed by atoms with Gasteiger partial charge in [-0.2, -0.15) is 0 Å². The van der Waals surface area contributed by atoms with Crippen LogP contribution in [0.2, 0.25) is 10.3 Å². The van der Waals surface area contributed by atoms with E-state index in [9.17, 15) is 19.7 Å². The first-order chi connectivity index (χ1) is 13.8. The molecule has 0 radical (unpaired) electrons. The van der Waals surface area contributed by atoms with Crippen molar-refractivity contribution in [1.29, 1.82) is 0 Å². The maximum absolute atomic E-state index is 12.4. The fraction of sp³-hybridized carbons (Fsp3) is 0.278. The van der Waals surface area contributed by atoms with Gasteiger partial charge in [0.15, 0.2) is 5.15 Å². The van der Waals surface area contributed by atoms with E-state index in [1.54, 1.807) is 17.0 Å². The number of carbonyl (C=O) groups is 2. The molecule has 2 amide bonds. The number of nitro benzene ring substituents is 1. The molecule has 1 aliphatic heterocycles. The van der Waals surface area contributed by atoms with Crippen molar-refractivity contribution < 1.29 is 14.5 Å². The molecule has 0 aliphatic carbocycles. The van der Waals surface area contributed by atoms with Gasteiger partial charge in [-0.15, -0.1) is 0 Å². The lowest BCUT2D eigenvalue weighted by molar-refractivity contribution is -0.384. The predicted octanol–water partition coefficient (Wildman–Crippen LogP) is 2.97. The lowest BCUT2D eigenvalue weighted by Crippen LogP contribution is -2.49. The zero-order chi connectivity index (χ0) is 21.0. The smallest absolute Gasteiger partial charge is 0.269 e. The predicted molar refractivity (Wildman–Crippen MR) is 109 cm³/mol. The maximum Gasteiger partial charge on any atom is 0.269 e. The molecule has 1 saturated heterocycles. The molecule has 29 heavy (non-hydrogen) atoms. The molecule has 0 atom stereocenters. The van der Waals surface area contributed by atoms with Gasteiger partial charge in [0.1, 0.15) is 11.6 Å². The topological polar surface area (TPSA) is 109 Å². The van der Waals surface area contributed by atoms with Crippen LogP contribution >= 0.6 is 23.2 Å². The van der Waals surface area contributed by atoms with Gasteiger partial charge in [-0.05, 0) is 24.3 Å². The molecule has 0 bridgehead atoms. The number of rotatable bonds is 5. The van der Waals surface area contributed by atoms with Crippen LogP contribution < -0.4 is 10.2 Å². The van der Waals surface area contributed by atoms with Crippen LogP contribution in [0.3, 0.4) is 0 Å². The standard InChI is InChI=1S/C18H17Cl2N5O4/c19-15-6-5-14(18(20)22-15)21-16(26)11-17(27)24-9-7-23(8-10-24)12-1-3-13(4-2-12)25(28)29/h1-6H,7-11H2,(H,21,26). The van der Waals surface area contributed by atoms with Crippen molar-refractivity contribution in [2.45, 2.75) is 6.42 Å². The zero-order valence-corrected chi connectivity index (χ0v) is 16.7. The molecule has 0 spiro atoms. The molecular formula is C18H17Cl2N5O4. The van der Waals surface area contributed by atoms with Crippen molar-refractivity contribution in [2.24, 2.45) is 0 Å². The number of hydrogen-bond donors (Lipinski definition) is 1. The molecule has 11 heteroatoms. The molecule has 9 nitrogen and oxygen atoms in total. The van der Waals surface area contributed by atoms with Crippen molar-refractivity contribution in [3.05, 3.63) is 56.8 Å². The van der Waals surface area contributed by atoms with Crippen LogP contribution in [0.4, 0.5) is 17.1 Å². The fourth-order valence-corrected chi connectivity index (χ4v) is 3.34. The van der Waals surface area contributed by atoms with Gasteiger partial charge < -0.3 is 15.1 Å². The quantitative estimate of drug-likeness (QED) is 0.333. The number of amides is 2. The first-order valence-corrected chi connectivity index (χ1v) is 9.48. The lowest BCUT2D eigenvalue weighted by Gasteiger charge is -2.36. The number of aromatic nitrogens is 1. The van der Waals surface area contributed by atoms with Crippen LogP contribution in [0.25, 0.3) is 0 Å². The van der Waals surface area contributed by atoms with Gasteiger partial charge in [-0.1, -0.05) is 23.2 Å². The van der Waals surface area contributed by atoms with E-state index in [1.165, 1.54) is 24.3 Å². The number of nitro groups is 1. The molecule has 1 N–H and O–H groups in total. The Morgan fingerprint density at radius 3 is 2.31 bits per heavy atom. The summed E-state index contributed by atoms with van der Waals surface area (Å²) in [6.07, 6.45) is -0.309. The number of hydrogen-bond acceptors (Lipinski definition) is 6. The Morgan fingerprint density at radius 2 is 1.72 bits per heavy atom. The number of halogens is 2. The summed E-state index contributed by atoms with van der Waals surface area (Å²) in [4.78, 5) is 42.3. The molecule has 1 fully saturated rings. The highest BCUT2D eigenvalue weighted by Crippen LogP contribution is 2.22. The van der Waals surface area contributed by atoms with E-state index in [0.29, 0.717) is 26.2 Å². The van der Waals surface area contributed by atoms with E-state index in [1.807, 2.05) is 4.90 Å². The van der Waals surface area contributed by atoms with Crippen LogP contribution in [-0.2, 0) is 9.59 Å². The highest BCUT2D eigenvalue weighted by molar-refractivity contribution is 6.34. The Kier molecular flexibility index (Phi) is 6.50. The SMILES string of the molecule is O=C(CC(=O)N1CCN(c2ccc([N+](=O)[O-])cc2)CC1)Nc1ccc(Cl)nc1Cl. The largest absolute Gasteiger partial charge is 0.368 e. The van der Waals surface area contributed by atoms with Crippen molar-refractivity contribution in [3.63, 3.8) is 0 Å². The van der Waals surface area contributed by atoms with E-state index >= 15 is 0 Å². The third-order valence-corrected chi connectivity index (χ3v) is 4.96. The average molecular weight is 438 g/mol. The van der Waals surface area contributed by atoms with E-state index in [0.717, 1.165) is 5.69 Å². The number of benzene rings is 1. The van der Waals surface area contributed by atoms with E-state index in [4.69, 9.17) is 23.2 Å². The number of nitrogens with zero attached hydrogens (tertiary/aromatic N) is 4. The van der Waals surface area contributed by atoms with Gasteiger partial charge in [0.25, 0.3) is 5.69 Å². The van der Waals surface area contributed by atoms with Gasteiger partial charge in [0, 0.05) is 44.0 Å². The number of piperazine rings is 1. The summed E-state index contributed by atoms with van der Waals surface area (Å²) < 4.78 is 0. The second-order valence-electron chi connectivity index (χ2n) is 6.34. The van der Waals surface area contributed by atoms with Crippen molar-refractivity contribution in [3.8, 4) is 0 Å². The average Bonchev–Trinajstić information content (AvgIpc) is 2.70. The van der Waals surface area contributed by atoms with Crippen molar-refractivity contribution in [1.82, 2.24) is 9.88 Å². The Bertz CT molecular complexity index is 930. The highest BCUT2D eigenvalue weighted by atomic mass is 35.5. The second kappa shape index (κ2) is 9.06. The summed E-state index contributed by atoms with van der Waals surface area (Å²) in [5.74, 6) is -0.775. The molecule has 1 aromatic carbocycles. The van der Waals surface area contributed by atoms with E-state index in [-0.39, 0.29) is 34.0 Å². The summed E-state index contributed by atoms with van der Waals surface area (Å²) in [5, 5.41) is 13.5. The summed E-state index contributed by atoms with van der Waals surface area (Å²) in [7, 11) is 0. The summed E-state index contributed by atoms with van der Waals surface area (Å²) in [5.41, 5.74) is 1.17. The van der Waals surface area contributed by atoms with Crippen LogP contribution in [0, 0.1) is 10.1 Å². The van der Waals surface area contributed by atoms with Gasteiger partial charge >= 0.3 is 0 Å². The fourth-order valence-electron chi connectivity index (χ4n) is 2.95. The molecule has 2 aromatic rings. The second-order valence-corrected chi connectivity index (χ2v) is 7.08. The van der Waals surface area contributed by atoms with Crippen molar-refractivity contribution in [2.75, 3.05) is 36.4 Å². The normalized spacial score (nSPS) is 13.9. The van der Waals surface area contributed by atoms with Crippen molar-refractivity contribution >= 4 is 52.1 Å². The van der Waals surface area contributed by atoms with E-state index in [2.05, 4.69) is 10.3 Å². The molecular weight excluding hydrogens is 421 g/mol. The molecule has 1 aromatic heterocycles. The van der Waals surface area contributed by atoms with Gasteiger partial charge in [0.05, 0.1) is 10.6 Å². The molecule has 2 heterocycles. The first kappa shape index (κ1) is 20.8. The number of anilines is 2. The molecule has 3 rings (SSSR count). The monoisotopic (exact) mass is 437 g/mol. The van der Waals surface area contributed by atoms with Crippen LogP contribution in [0.15, 0.2) is 36.4 Å². The minimum Gasteiger partial charge on any atom is -0.368 e. The number of carbonyl (C=O) groups excluding carboxylic acids is 2. The van der Waals surface area contributed by atoms with Gasteiger partial charge in [0.2, 0.25) is 11.8 Å². The lowest BCUT2D eigenvalue weighted by atomic mass is 10.2. The van der Waals surface area contributed by atoms with E-state index < -0.39 is 10.8 Å². The zero-order valence-electron chi connectivity index (χ0n) is 15.2. The molecule has 0 saturated carbocycles. The van der Waals surface area contributed by atoms with Gasteiger partial charge in [-0.25, -0.2) is 4.98 Å². The first-order valence-electron chi connectivity index (χ1n) is 8.72. The van der Waals surface area contributed by atoms with Gasteiger partial charge in [-0.3, -0.25) is 19.7 Å². The third-order valence-electron chi connectivity index (χ3n) is 4.46. The minimum absolute atomic E-state index is 0.0320. The summed E-state index contributed by atoms with van der Waals surface area (Å²) >= 11 is 11.6. The number of pyridine rings is 1. The van der Waals surface area contributed by atoms with Crippen LogP contribution in [0.1, 0.15) is 6.42 Å². The van der Waals surface area contributed by atoms with Crippen LogP contribution in [-0.4, -0.2) is 52.8 Å². The Hall–Kier alpha value is -2.91. The molecule has 152 valence electrons. The summed E-state index contributed by atoms with van der Waals surface area (Å²) in [6, 6.07) is 9.28. The Morgan fingerprint density at radius 1 is 1.07 bits per heavy atom. The Balaban J connectivity index is 1.50. The third kappa shape index (κ3) is 5.33. The Labute approximate surface area is 176 Å². The van der Waals surface area contributed by atoms with Crippen LogP contribution in [0.5, 0.6) is 0 Å².